The second-order valence-electron chi connectivity index (χ2n) is 13.5. The lowest BCUT2D eigenvalue weighted by molar-refractivity contribution is -0.226. The van der Waals surface area contributed by atoms with Gasteiger partial charge < -0.3 is 23.7 Å². The van der Waals surface area contributed by atoms with E-state index in [0.29, 0.717) is 12.8 Å². The summed E-state index contributed by atoms with van der Waals surface area (Å²) in [5.74, 6) is -3.63. The smallest absolute Gasteiger partial charge is 0.308 e. The van der Waals surface area contributed by atoms with E-state index in [4.69, 9.17) is 18.6 Å². The quantitative estimate of drug-likeness (QED) is 0.320. The maximum atomic E-state index is 14.4. The van der Waals surface area contributed by atoms with Crippen LogP contribution in [0.4, 0.5) is 0 Å². The topological polar surface area (TPSA) is 129 Å². The zero-order chi connectivity index (χ0) is 29.4. The molecule has 1 aromatic rings. The Morgan fingerprint density at radius 3 is 2.45 bits per heavy atom. The molecule has 40 heavy (non-hydrogen) atoms. The first kappa shape index (κ1) is 28.6. The van der Waals surface area contributed by atoms with Crippen LogP contribution in [0.25, 0.3) is 0 Å². The van der Waals surface area contributed by atoms with Crippen molar-refractivity contribution in [2.45, 2.75) is 85.0 Å². The number of cyclic esters (lactones) is 1. The van der Waals surface area contributed by atoms with Crippen molar-refractivity contribution in [3.63, 3.8) is 0 Å². The minimum Gasteiger partial charge on any atom is -0.472 e. The highest BCUT2D eigenvalue weighted by Gasteiger charge is 2.73. The molecule has 9 nitrogen and oxygen atoms in total. The summed E-state index contributed by atoms with van der Waals surface area (Å²) in [4.78, 5) is 53.1. The third-order valence-electron chi connectivity index (χ3n) is 10.6. The summed E-state index contributed by atoms with van der Waals surface area (Å²) in [7, 11) is 1.30. The summed E-state index contributed by atoms with van der Waals surface area (Å²) in [6, 6.07) is 1.79. The van der Waals surface area contributed by atoms with Gasteiger partial charge in [0, 0.05) is 28.2 Å². The van der Waals surface area contributed by atoms with E-state index in [-0.39, 0.29) is 30.6 Å². The van der Waals surface area contributed by atoms with Crippen LogP contribution in [-0.4, -0.2) is 47.6 Å². The van der Waals surface area contributed by atoms with E-state index in [2.05, 4.69) is 6.92 Å². The molecule has 1 aliphatic heterocycles. The van der Waals surface area contributed by atoms with Crippen LogP contribution in [0, 0.1) is 39.9 Å². The van der Waals surface area contributed by atoms with Gasteiger partial charge in [0.25, 0.3) is 0 Å². The molecular weight excluding hydrogens is 516 g/mol. The molecule has 3 fully saturated rings. The molecule has 1 saturated heterocycles. The van der Waals surface area contributed by atoms with Gasteiger partial charge >= 0.3 is 17.9 Å². The van der Waals surface area contributed by atoms with Crippen LogP contribution in [0.5, 0.6) is 0 Å². The van der Waals surface area contributed by atoms with E-state index in [1.807, 2.05) is 20.8 Å². The highest BCUT2D eigenvalue weighted by atomic mass is 16.6. The van der Waals surface area contributed by atoms with Crippen LogP contribution in [0.3, 0.4) is 0 Å². The maximum Gasteiger partial charge on any atom is 0.308 e. The summed E-state index contributed by atoms with van der Waals surface area (Å²) < 4.78 is 22.2. The molecule has 0 spiro atoms. The summed E-state index contributed by atoms with van der Waals surface area (Å²) in [5.41, 5.74) is -3.26. The molecule has 1 aromatic heterocycles. The second-order valence-corrected chi connectivity index (χ2v) is 13.5. The fraction of sp³-hybridized carbons (Fsp3) is 0.677. The molecule has 0 radical (unpaired) electrons. The lowest BCUT2D eigenvalue weighted by Crippen LogP contribution is -2.74. The van der Waals surface area contributed by atoms with Gasteiger partial charge in [-0.15, -0.1) is 0 Å². The number of carbonyl (C=O) groups excluding carboxylic acids is 4. The lowest BCUT2D eigenvalue weighted by Gasteiger charge is -2.65. The number of furan rings is 1. The van der Waals surface area contributed by atoms with Gasteiger partial charge in [0.05, 0.1) is 32.0 Å². The SMILES string of the molecule is COC(=O)C[C@H]1C(C)(C)[C@H](OC(=O)C(C)C)[C@]2(O)C=C3[C@H]4CC(=O)O[C@@H](c5ccoc5)[C@]4(C)CC[C@@H]3[C@@]1(C)C2=O. The second kappa shape index (κ2) is 9.29. The average molecular weight is 557 g/mol. The Morgan fingerprint density at radius 1 is 1.15 bits per heavy atom. The normalized spacial score (nSPS) is 39.9. The number of carbonyl (C=O) groups is 4. The van der Waals surface area contributed by atoms with Crippen molar-refractivity contribution in [2.75, 3.05) is 7.11 Å². The Kier molecular flexibility index (Phi) is 6.64. The van der Waals surface area contributed by atoms with Gasteiger partial charge in [0.1, 0.15) is 12.2 Å². The first-order chi connectivity index (χ1) is 18.6. The van der Waals surface area contributed by atoms with Gasteiger partial charge in [-0.25, -0.2) is 0 Å². The van der Waals surface area contributed by atoms with Crippen LogP contribution in [0.2, 0.25) is 0 Å². The zero-order valence-electron chi connectivity index (χ0n) is 24.3. The molecule has 4 aliphatic rings. The highest BCUT2D eigenvalue weighted by molar-refractivity contribution is 5.99. The predicted octanol–water partition coefficient (Wildman–Crippen LogP) is 4.33. The van der Waals surface area contributed by atoms with Crippen LogP contribution < -0.4 is 0 Å². The molecule has 2 heterocycles. The maximum absolute atomic E-state index is 14.4. The monoisotopic (exact) mass is 556 g/mol. The van der Waals surface area contributed by atoms with E-state index in [9.17, 15) is 24.3 Å². The first-order valence-corrected chi connectivity index (χ1v) is 14.1. The van der Waals surface area contributed by atoms with E-state index < -0.39 is 63.6 Å². The van der Waals surface area contributed by atoms with E-state index in [1.54, 1.807) is 38.5 Å². The highest BCUT2D eigenvalue weighted by Crippen LogP contribution is 2.69. The number of aliphatic hydroxyl groups is 1. The summed E-state index contributed by atoms with van der Waals surface area (Å²) in [6.07, 6.45) is 4.16. The molecule has 2 saturated carbocycles. The Balaban J connectivity index is 1.71. The van der Waals surface area contributed by atoms with E-state index in [0.717, 1.165) is 11.1 Å². The van der Waals surface area contributed by atoms with Crippen molar-refractivity contribution in [2.24, 2.45) is 39.9 Å². The van der Waals surface area contributed by atoms with Gasteiger partial charge in [-0.3, -0.25) is 19.2 Å². The molecule has 8 atom stereocenters. The van der Waals surface area contributed by atoms with E-state index in [1.165, 1.54) is 7.11 Å². The third-order valence-corrected chi connectivity index (χ3v) is 10.6. The van der Waals surface area contributed by atoms with Crippen LogP contribution in [-0.2, 0) is 33.4 Å². The number of hydrogen-bond donors (Lipinski definition) is 1. The Labute approximate surface area is 234 Å². The lowest BCUT2D eigenvalue weighted by atomic mass is 9.39. The van der Waals surface area contributed by atoms with Crippen LogP contribution in [0.1, 0.15) is 78.9 Å². The number of hydrogen-bond acceptors (Lipinski definition) is 9. The van der Waals surface area contributed by atoms with Crippen LogP contribution >= 0.6 is 0 Å². The number of esters is 3. The van der Waals surface area contributed by atoms with Crippen molar-refractivity contribution in [1.82, 2.24) is 0 Å². The van der Waals surface area contributed by atoms with Gasteiger partial charge in [-0.05, 0) is 42.7 Å². The molecule has 0 amide bonds. The van der Waals surface area contributed by atoms with Gasteiger partial charge in [0.2, 0.25) is 0 Å². The Hall–Kier alpha value is -2.94. The number of allylic oxidation sites excluding steroid dienone is 1. The summed E-state index contributed by atoms with van der Waals surface area (Å²) >= 11 is 0. The van der Waals surface area contributed by atoms with Crippen molar-refractivity contribution in [1.29, 1.82) is 0 Å². The predicted molar refractivity (Wildman–Crippen MR) is 141 cm³/mol. The number of methoxy groups -OCH3 is 1. The molecule has 3 aliphatic carbocycles. The van der Waals surface area contributed by atoms with Crippen molar-refractivity contribution >= 4 is 23.7 Å². The molecular formula is C31H40O9. The Morgan fingerprint density at radius 2 is 1.85 bits per heavy atom. The first-order valence-electron chi connectivity index (χ1n) is 14.1. The van der Waals surface area contributed by atoms with Crippen molar-refractivity contribution in [3.05, 3.63) is 35.8 Å². The van der Waals surface area contributed by atoms with Crippen LogP contribution in [0.15, 0.2) is 34.7 Å². The van der Waals surface area contributed by atoms with Gasteiger partial charge in [0.15, 0.2) is 11.4 Å². The molecule has 0 aromatic carbocycles. The molecule has 5 rings (SSSR count). The number of rotatable bonds is 5. The van der Waals surface area contributed by atoms with Gasteiger partial charge in [-0.1, -0.05) is 47.1 Å². The zero-order valence-corrected chi connectivity index (χ0v) is 24.3. The molecule has 0 unspecified atom stereocenters. The molecule has 218 valence electrons. The van der Waals surface area contributed by atoms with Gasteiger partial charge in [-0.2, -0.15) is 0 Å². The van der Waals surface area contributed by atoms with Crippen molar-refractivity contribution in [3.8, 4) is 0 Å². The average Bonchev–Trinajstić information content (AvgIpc) is 3.42. The van der Waals surface area contributed by atoms with Crippen molar-refractivity contribution < 1.29 is 42.9 Å². The fourth-order valence-electron chi connectivity index (χ4n) is 8.53. The standard InChI is InChI=1S/C31H40O9/c1-16(2)25(34)40-27-28(3,4)21(13-22(32)37-7)30(6)19-8-10-29(5)20(18(19)14-31(27,36)26(30)35)12-23(33)39-24(29)17-9-11-38-15-17/h9,11,14-16,19-21,24,27,36H,8,10,12-13H2,1-7H3/t19-,20+,21-,24-,27-,29+,30+,31-/m0/s1. The number of ketones is 1. The number of ether oxygens (including phenoxy) is 3. The number of Topliss-reactive ketones (excluding diaryl/α,β-unsaturated/α-hetero) is 1. The largest absolute Gasteiger partial charge is 0.472 e. The minimum absolute atomic E-state index is 0.0804. The molecule has 1 N–H and O–H groups in total. The van der Waals surface area contributed by atoms with E-state index >= 15 is 0 Å². The Bertz CT molecular complexity index is 1260. The molecule has 2 bridgehead atoms. The minimum atomic E-state index is -2.13. The number of fused-ring (bicyclic) bond motifs is 6. The summed E-state index contributed by atoms with van der Waals surface area (Å²) in [6.45, 7) is 11.0. The third kappa shape index (κ3) is 3.83. The summed E-state index contributed by atoms with van der Waals surface area (Å²) in [5, 5.41) is 12.3. The fourth-order valence-corrected chi connectivity index (χ4v) is 8.53. The molecule has 9 heteroatoms.